The molecular weight excluding hydrogens is 308 g/mol. The number of hydrogen-bond acceptors (Lipinski definition) is 6. The average Bonchev–Trinajstić information content (AvgIpc) is 3.00. The molecule has 1 amide bonds. The molecule has 0 saturated heterocycles. The Bertz CT molecular complexity index is 522. The Hall–Kier alpha value is -2.28. The number of carbonyl (C=O) groups is 1. The van der Waals surface area contributed by atoms with Gasteiger partial charge in [-0.3, -0.25) is 5.01 Å². The average molecular weight is 334 g/mol. The van der Waals surface area contributed by atoms with Crippen molar-refractivity contribution in [3.63, 3.8) is 0 Å². The molecule has 0 aromatic heterocycles. The van der Waals surface area contributed by atoms with Crippen molar-refractivity contribution >= 4 is 12.4 Å². The van der Waals surface area contributed by atoms with E-state index >= 15 is 0 Å². The van der Waals surface area contributed by atoms with Gasteiger partial charge in [-0.25, -0.2) is 4.79 Å². The summed E-state index contributed by atoms with van der Waals surface area (Å²) >= 11 is 0. The highest BCUT2D eigenvalue weighted by atomic mass is 16.5. The minimum atomic E-state index is -0.385. The second kappa shape index (κ2) is 9.77. The first-order valence-corrected chi connectivity index (χ1v) is 8.29. The molecule has 7 nitrogen and oxygen atoms in total. The Morgan fingerprint density at radius 2 is 2.17 bits per heavy atom. The quantitative estimate of drug-likeness (QED) is 0.671. The molecule has 1 aliphatic rings. The molecule has 2 N–H and O–H groups in total. The molecule has 1 heterocycles. The SMILES string of the molecule is CC(O)CN1CN(CCCCNC(=O)OCc2ccccc2)C=N1. The highest BCUT2D eigenvalue weighted by Gasteiger charge is 2.14. The summed E-state index contributed by atoms with van der Waals surface area (Å²) in [6.07, 6.45) is 2.86. The Labute approximate surface area is 142 Å². The molecule has 0 fully saturated rings. The van der Waals surface area contributed by atoms with Gasteiger partial charge in [-0.2, -0.15) is 5.10 Å². The highest BCUT2D eigenvalue weighted by molar-refractivity contribution is 5.67. The minimum Gasteiger partial charge on any atom is -0.445 e. The van der Waals surface area contributed by atoms with E-state index in [2.05, 4.69) is 15.3 Å². The van der Waals surface area contributed by atoms with Crippen molar-refractivity contribution in [3.05, 3.63) is 35.9 Å². The number of benzene rings is 1. The zero-order chi connectivity index (χ0) is 17.2. The van der Waals surface area contributed by atoms with Gasteiger partial charge in [-0.1, -0.05) is 30.3 Å². The van der Waals surface area contributed by atoms with Crippen molar-refractivity contribution in [2.45, 2.75) is 32.5 Å². The molecule has 1 aromatic carbocycles. The van der Waals surface area contributed by atoms with Gasteiger partial charge in [0.2, 0.25) is 0 Å². The number of hydrogen-bond donors (Lipinski definition) is 2. The van der Waals surface area contributed by atoms with E-state index in [9.17, 15) is 9.90 Å². The number of alkyl carbamates (subject to hydrolysis) is 1. The predicted molar refractivity (Wildman–Crippen MR) is 92.3 cm³/mol. The standard InChI is InChI=1S/C17H26N4O3/c1-15(22)11-21-14-20(13-19-21)10-6-5-9-18-17(23)24-12-16-7-3-2-4-8-16/h2-4,7-8,13,15,22H,5-6,9-12,14H2,1H3,(H,18,23). The number of hydrazone groups is 1. The van der Waals surface area contributed by atoms with Gasteiger partial charge in [0.05, 0.1) is 12.6 Å². The molecule has 132 valence electrons. The minimum absolute atomic E-state index is 0.288. The number of amides is 1. The number of nitrogens with zero attached hydrogens (tertiary/aromatic N) is 3. The molecule has 1 aromatic rings. The maximum atomic E-state index is 11.6. The number of nitrogens with one attached hydrogen (secondary N) is 1. The van der Waals surface area contributed by atoms with Crippen LogP contribution in [0.25, 0.3) is 0 Å². The number of ether oxygens (including phenoxy) is 1. The summed E-state index contributed by atoms with van der Waals surface area (Å²) in [5.74, 6) is 0. The molecule has 1 aliphatic heterocycles. The summed E-state index contributed by atoms with van der Waals surface area (Å²) in [6.45, 7) is 4.76. The maximum absolute atomic E-state index is 11.6. The van der Waals surface area contributed by atoms with E-state index in [1.807, 2.05) is 35.3 Å². The second-order valence-electron chi connectivity index (χ2n) is 5.92. The number of unbranched alkanes of at least 4 members (excludes halogenated alkanes) is 1. The third-order valence-electron chi connectivity index (χ3n) is 3.55. The lowest BCUT2D eigenvalue weighted by Crippen LogP contribution is -2.32. The van der Waals surface area contributed by atoms with Gasteiger partial charge in [-0.05, 0) is 25.3 Å². The van der Waals surface area contributed by atoms with Crippen LogP contribution in [0.4, 0.5) is 4.79 Å². The van der Waals surface area contributed by atoms with Gasteiger partial charge in [0, 0.05) is 13.1 Å². The first kappa shape index (κ1) is 18.1. The lowest BCUT2D eigenvalue weighted by atomic mass is 10.2. The van der Waals surface area contributed by atoms with Crippen LogP contribution < -0.4 is 5.32 Å². The molecule has 0 bridgehead atoms. The maximum Gasteiger partial charge on any atom is 0.407 e. The summed E-state index contributed by atoms with van der Waals surface area (Å²) in [4.78, 5) is 13.7. The van der Waals surface area contributed by atoms with Crippen LogP contribution in [0.2, 0.25) is 0 Å². The lowest BCUT2D eigenvalue weighted by molar-refractivity contribution is 0.118. The van der Waals surface area contributed by atoms with Crippen LogP contribution in [0.3, 0.4) is 0 Å². The molecule has 24 heavy (non-hydrogen) atoms. The van der Waals surface area contributed by atoms with E-state index in [4.69, 9.17) is 4.74 Å². The lowest BCUT2D eigenvalue weighted by Gasteiger charge is -2.19. The Morgan fingerprint density at radius 3 is 2.92 bits per heavy atom. The molecule has 7 heteroatoms. The van der Waals surface area contributed by atoms with Gasteiger partial charge in [-0.15, -0.1) is 0 Å². The Kier molecular flexibility index (Phi) is 7.35. The third kappa shape index (κ3) is 6.87. The van der Waals surface area contributed by atoms with Gasteiger partial charge >= 0.3 is 6.09 Å². The van der Waals surface area contributed by atoms with Crippen molar-refractivity contribution in [2.24, 2.45) is 5.10 Å². The van der Waals surface area contributed by atoms with Crippen molar-refractivity contribution in [3.8, 4) is 0 Å². The first-order chi connectivity index (χ1) is 11.6. The smallest absolute Gasteiger partial charge is 0.407 e. The van der Waals surface area contributed by atoms with Crippen LogP contribution in [0.5, 0.6) is 0 Å². The fourth-order valence-corrected chi connectivity index (χ4v) is 2.37. The zero-order valence-electron chi connectivity index (χ0n) is 14.1. The summed E-state index contributed by atoms with van der Waals surface area (Å²) in [5, 5.41) is 18.1. The number of aliphatic hydroxyl groups is 1. The van der Waals surface area contributed by atoms with Crippen LogP contribution in [0.15, 0.2) is 35.4 Å². The number of rotatable bonds is 9. The number of β-amino-alcohol motifs (C(OH)–C–C–N with tert-alkyl or cyclic N) is 1. The normalized spacial score (nSPS) is 14.8. The van der Waals surface area contributed by atoms with Crippen LogP contribution in [-0.4, -0.2) is 59.9 Å². The van der Waals surface area contributed by atoms with Crippen molar-refractivity contribution in [2.75, 3.05) is 26.3 Å². The molecule has 1 atom stereocenters. The van der Waals surface area contributed by atoms with Crippen molar-refractivity contribution < 1.29 is 14.6 Å². The summed E-state index contributed by atoms with van der Waals surface area (Å²) < 4.78 is 5.15. The Morgan fingerprint density at radius 1 is 1.38 bits per heavy atom. The van der Waals surface area contributed by atoms with Gasteiger partial charge in [0.25, 0.3) is 0 Å². The van der Waals surface area contributed by atoms with Gasteiger partial charge in [0.15, 0.2) is 0 Å². The van der Waals surface area contributed by atoms with E-state index in [-0.39, 0.29) is 18.8 Å². The molecule has 0 saturated carbocycles. The molecule has 2 rings (SSSR count). The van der Waals surface area contributed by atoms with Crippen LogP contribution >= 0.6 is 0 Å². The van der Waals surface area contributed by atoms with E-state index < -0.39 is 0 Å². The molecule has 0 radical (unpaired) electrons. The third-order valence-corrected chi connectivity index (χ3v) is 3.55. The summed E-state index contributed by atoms with van der Waals surface area (Å²) in [6, 6.07) is 9.61. The van der Waals surface area contributed by atoms with Crippen LogP contribution in [0, 0.1) is 0 Å². The molecular formula is C17H26N4O3. The fourth-order valence-electron chi connectivity index (χ4n) is 2.37. The van der Waals surface area contributed by atoms with Crippen molar-refractivity contribution in [1.82, 2.24) is 15.2 Å². The highest BCUT2D eigenvalue weighted by Crippen LogP contribution is 2.05. The summed E-state index contributed by atoms with van der Waals surface area (Å²) in [5.41, 5.74) is 0.975. The van der Waals surface area contributed by atoms with E-state index in [1.54, 1.807) is 13.3 Å². The largest absolute Gasteiger partial charge is 0.445 e. The van der Waals surface area contributed by atoms with E-state index in [1.165, 1.54) is 0 Å². The summed E-state index contributed by atoms with van der Waals surface area (Å²) in [7, 11) is 0. The van der Waals surface area contributed by atoms with Gasteiger partial charge < -0.3 is 20.1 Å². The van der Waals surface area contributed by atoms with Crippen LogP contribution in [0.1, 0.15) is 25.3 Å². The molecule has 0 aliphatic carbocycles. The second-order valence-corrected chi connectivity index (χ2v) is 5.92. The Balaban J connectivity index is 1.48. The first-order valence-electron chi connectivity index (χ1n) is 8.29. The number of aliphatic hydroxyl groups excluding tert-OH is 1. The zero-order valence-corrected chi connectivity index (χ0v) is 14.1. The van der Waals surface area contributed by atoms with Crippen molar-refractivity contribution in [1.29, 1.82) is 0 Å². The topological polar surface area (TPSA) is 77.4 Å². The predicted octanol–water partition coefficient (Wildman–Crippen LogP) is 1.59. The van der Waals surface area contributed by atoms with Gasteiger partial charge in [0.1, 0.15) is 19.6 Å². The van der Waals surface area contributed by atoms with E-state index in [0.717, 1.165) is 24.9 Å². The monoisotopic (exact) mass is 334 g/mol. The molecule has 1 unspecified atom stereocenters. The fraction of sp³-hybridized carbons (Fsp3) is 0.529. The number of carbonyl (C=O) groups excluding carboxylic acids is 1. The molecule has 0 spiro atoms. The van der Waals surface area contributed by atoms with Crippen LogP contribution in [-0.2, 0) is 11.3 Å². The van der Waals surface area contributed by atoms with E-state index in [0.29, 0.717) is 19.8 Å².